The third-order valence-electron chi connectivity index (χ3n) is 2.57. The van der Waals surface area contributed by atoms with Crippen LogP contribution >= 0.6 is 15.9 Å². The molecule has 0 aliphatic heterocycles. The van der Waals surface area contributed by atoms with Gasteiger partial charge < -0.3 is 4.90 Å². The Bertz CT molecular complexity index is 482. The number of nitro groups is 1. The van der Waals surface area contributed by atoms with Crippen molar-refractivity contribution in [1.82, 2.24) is 4.90 Å². The van der Waals surface area contributed by atoms with Crippen molar-refractivity contribution in [3.63, 3.8) is 0 Å². The normalized spacial score (nSPS) is 10.3. The van der Waals surface area contributed by atoms with Crippen LogP contribution in [0.15, 0.2) is 18.2 Å². The fourth-order valence-corrected chi connectivity index (χ4v) is 1.89. The molecule has 1 amide bonds. The van der Waals surface area contributed by atoms with Crippen molar-refractivity contribution < 1.29 is 14.1 Å². The third-order valence-corrected chi connectivity index (χ3v) is 3.13. The standard InChI is InChI=1S/C12H14BrFN2O3/c1-2-15(5-3-4-13)12(17)9-6-10(14)8-11(7-9)16(18)19/h6-8H,2-5H2,1H3. The second-order valence-electron chi connectivity index (χ2n) is 3.88. The molecular formula is C12H14BrFN2O3. The minimum atomic E-state index is -0.783. The fraction of sp³-hybridized carbons (Fsp3) is 0.417. The average Bonchev–Trinajstić information content (AvgIpc) is 2.38. The van der Waals surface area contributed by atoms with Crippen LogP contribution in [-0.2, 0) is 0 Å². The molecule has 0 aliphatic carbocycles. The highest BCUT2D eigenvalue weighted by Gasteiger charge is 2.18. The molecule has 1 aromatic rings. The molecule has 0 saturated heterocycles. The maximum atomic E-state index is 13.3. The molecule has 0 N–H and O–H groups in total. The van der Waals surface area contributed by atoms with Crippen LogP contribution in [0.4, 0.5) is 10.1 Å². The Morgan fingerprint density at radius 1 is 1.47 bits per heavy atom. The van der Waals surface area contributed by atoms with E-state index in [4.69, 9.17) is 0 Å². The van der Waals surface area contributed by atoms with Crippen molar-refractivity contribution in [2.45, 2.75) is 13.3 Å². The van der Waals surface area contributed by atoms with Gasteiger partial charge in [-0.05, 0) is 19.4 Å². The number of rotatable bonds is 6. The predicted molar refractivity (Wildman–Crippen MR) is 73.0 cm³/mol. The summed E-state index contributed by atoms with van der Waals surface area (Å²) < 4.78 is 13.3. The van der Waals surface area contributed by atoms with Gasteiger partial charge in [0.1, 0.15) is 5.82 Å². The van der Waals surface area contributed by atoms with E-state index >= 15 is 0 Å². The van der Waals surface area contributed by atoms with Crippen LogP contribution in [0.3, 0.4) is 0 Å². The van der Waals surface area contributed by atoms with Gasteiger partial charge in [0, 0.05) is 30.0 Å². The molecule has 1 rings (SSSR count). The van der Waals surface area contributed by atoms with Crippen LogP contribution in [0.2, 0.25) is 0 Å². The van der Waals surface area contributed by atoms with Gasteiger partial charge in [-0.3, -0.25) is 14.9 Å². The zero-order valence-corrected chi connectivity index (χ0v) is 12.0. The number of benzene rings is 1. The molecule has 0 atom stereocenters. The monoisotopic (exact) mass is 332 g/mol. The molecule has 104 valence electrons. The van der Waals surface area contributed by atoms with Crippen LogP contribution < -0.4 is 0 Å². The van der Waals surface area contributed by atoms with Crippen molar-refractivity contribution in [3.8, 4) is 0 Å². The minimum absolute atomic E-state index is 0.00289. The summed E-state index contributed by atoms with van der Waals surface area (Å²) in [6.45, 7) is 2.79. The van der Waals surface area contributed by atoms with Crippen LogP contribution in [0.5, 0.6) is 0 Å². The Kier molecular flexibility index (Phi) is 5.88. The number of carbonyl (C=O) groups excluding carboxylic acids is 1. The number of alkyl halides is 1. The predicted octanol–water partition coefficient (Wildman–Crippen LogP) is 2.98. The lowest BCUT2D eigenvalue weighted by Crippen LogP contribution is -2.32. The summed E-state index contributed by atoms with van der Waals surface area (Å²) in [4.78, 5) is 23.6. The van der Waals surface area contributed by atoms with E-state index in [0.29, 0.717) is 13.1 Å². The van der Waals surface area contributed by atoms with E-state index in [-0.39, 0.29) is 5.56 Å². The Morgan fingerprint density at radius 2 is 2.16 bits per heavy atom. The van der Waals surface area contributed by atoms with Crippen molar-refractivity contribution in [1.29, 1.82) is 0 Å². The Balaban J connectivity index is 3.00. The van der Waals surface area contributed by atoms with E-state index in [9.17, 15) is 19.3 Å². The number of hydrogen-bond acceptors (Lipinski definition) is 3. The van der Waals surface area contributed by atoms with Gasteiger partial charge in [0.05, 0.1) is 11.0 Å². The average molecular weight is 333 g/mol. The van der Waals surface area contributed by atoms with Gasteiger partial charge >= 0.3 is 0 Å². The number of carbonyl (C=O) groups is 1. The van der Waals surface area contributed by atoms with E-state index < -0.39 is 22.3 Å². The molecule has 0 saturated carbocycles. The smallest absolute Gasteiger partial charge is 0.273 e. The fourth-order valence-electron chi connectivity index (χ4n) is 1.64. The highest BCUT2D eigenvalue weighted by molar-refractivity contribution is 9.09. The lowest BCUT2D eigenvalue weighted by molar-refractivity contribution is -0.385. The maximum absolute atomic E-state index is 13.3. The molecular weight excluding hydrogens is 319 g/mol. The summed E-state index contributed by atoms with van der Waals surface area (Å²) in [6, 6.07) is 2.92. The molecule has 1 aromatic carbocycles. The SMILES string of the molecule is CCN(CCCBr)C(=O)c1cc(F)cc([N+](=O)[O-])c1. The second-order valence-corrected chi connectivity index (χ2v) is 4.68. The van der Waals surface area contributed by atoms with Gasteiger partial charge in [0.2, 0.25) is 0 Å². The summed E-state index contributed by atoms with van der Waals surface area (Å²) in [6.07, 6.45) is 0.761. The largest absolute Gasteiger partial charge is 0.339 e. The number of hydrogen-bond donors (Lipinski definition) is 0. The number of non-ortho nitro benzene ring substituents is 1. The first kappa shape index (κ1) is 15.6. The molecule has 0 aliphatic rings. The topological polar surface area (TPSA) is 63.5 Å². The summed E-state index contributed by atoms with van der Waals surface area (Å²) in [5, 5.41) is 11.4. The number of nitrogens with zero attached hydrogens (tertiary/aromatic N) is 2. The van der Waals surface area contributed by atoms with Gasteiger partial charge in [-0.2, -0.15) is 0 Å². The summed E-state index contributed by atoms with van der Waals surface area (Å²) >= 11 is 3.27. The molecule has 5 nitrogen and oxygen atoms in total. The first-order valence-electron chi connectivity index (χ1n) is 5.79. The van der Waals surface area contributed by atoms with E-state index in [1.807, 2.05) is 0 Å². The van der Waals surface area contributed by atoms with Crippen LogP contribution in [0.1, 0.15) is 23.7 Å². The maximum Gasteiger partial charge on any atom is 0.273 e. The van der Waals surface area contributed by atoms with Crippen molar-refractivity contribution in [2.75, 3.05) is 18.4 Å². The van der Waals surface area contributed by atoms with Crippen LogP contribution in [0, 0.1) is 15.9 Å². The Hall–Kier alpha value is -1.50. The summed E-state index contributed by atoms with van der Waals surface area (Å²) in [5.74, 6) is -1.18. The van der Waals surface area contributed by atoms with E-state index in [0.717, 1.165) is 30.0 Å². The Labute approximate surface area is 118 Å². The zero-order chi connectivity index (χ0) is 14.4. The van der Waals surface area contributed by atoms with Gasteiger partial charge in [-0.25, -0.2) is 4.39 Å². The molecule has 0 radical (unpaired) electrons. The molecule has 0 aromatic heterocycles. The first-order chi connectivity index (χ1) is 8.99. The molecule has 0 fully saturated rings. The van der Waals surface area contributed by atoms with Crippen LogP contribution in [-0.4, -0.2) is 34.2 Å². The molecule has 19 heavy (non-hydrogen) atoms. The Morgan fingerprint density at radius 3 is 2.68 bits per heavy atom. The molecule has 0 unspecified atom stereocenters. The molecule has 0 spiro atoms. The third kappa shape index (κ3) is 4.27. The summed E-state index contributed by atoms with van der Waals surface area (Å²) in [5.41, 5.74) is -0.414. The number of halogens is 2. The summed E-state index contributed by atoms with van der Waals surface area (Å²) in [7, 11) is 0. The quantitative estimate of drug-likeness (QED) is 0.457. The van der Waals surface area contributed by atoms with Gasteiger partial charge in [-0.15, -0.1) is 0 Å². The molecule has 0 heterocycles. The number of nitro benzene ring substituents is 1. The van der Waals surface area contributed by atoms with Crippen molar-refractivity contribution in [3.05, 3.63) is 39.7 Å². The number of amides is 1. The minimum Gasteiger partial charge on any atom is -0.339 e. The zero-order valence-electron chi connectivity index (χ0n) is 10.4. The lowest BCUT2D eigenvalue weighted by atomic mass is 10.1. The van der Waals surface area contributed by atoms with E-state index in [2.05, 4.69) is 15.9 Å². The first-order valence-corrected chi connectivity index (χ1v) is 6.92. The molecule has 7 heteroatoms. The van der Waals surface area contributed by atoms with Gasteiger partial charge in [0.25, 0.3) is 11.6 Å². The highest BCUT2D eigenvalue weighted by Crippen LogP contribution is 2.18. The van der Waals surface area contributed by atoms with Gasteiger partial charge in [0.15, 0.2) is 0 Å². The van der Waals surface area contributed by atoms with E-state index in [1.165, 1.54) is 4.90 Å². The van der Waals surface area contributed by atoms with E-state index in [1.54, 1.807) is 6.92 Å². The lowest BCUT2D eigenvalue weighted by Gasteiger charge is -2.20. The van der Waals surface area contributed by atoms with Gasteiger partial charge in [-0.1, -0.05) is 15.9 Å². The van der Waals surface area contributed by atoms with Crippen LogP contribution in [0.25, 0.3) is 0 Å². The highest BCUT2D eigenvalue weighted by atomic mass is 79.9. The molecule has 0 bridgehead atoms. The van der Waals surface area contributed by atoms with Crippen molar-refractivity contribution >= 4 is 27.5 Å². The van der Waals surface area contributed by atoms with Crippen molar-refractivity contribution in [2.24, 2.45) is 0 Å². The second kappa shape index (κ2) is 7.18.